The molecule has 0 unspecified atom stereocenters. The Kier molecular flexibility index (Phi) is 3.36. The number of likely N-dealkylation sites (tertiary alicyclic amines) is 1. The molecule has 2 aromatic rings. The van der Waals surface area contributed by atoms with Crippen molar-refractivity contribution in [3.8, 4) is 0 Å². The van der Waals surface area contributed by atoms with Gasteiger partial charge in [-0.05, 0) is 37.8 Å². The van der Waals surface area contributed by atoms with Gasteiger partial charge in [0.25, 0.3) is 0 Å². The standard InChI is InChI=1S/C16H21N3OS/c1-12-8-14-2-7-20-16(15(14)21-12)3-5-19(6-4-16)11-13-9-17-18-10-13/h8-10H,2-7,11H2,1H3,(H,17,18). The highest BCUT2D eigenvalue weighted by Crippen LogP contribution is 2.45. The van der Waals surface area contributed by atoms with Crippen LogP contribution in [-0.4, -0.2) is 34.8 Å². The molecule has 0 saturated carbocycles. The van der Waals surface area contributed by atoms with Crippen molar-refractivity contribution < 1.29 is 4.74 Å². The summed E-state index contributed by atoms with van der Waals surface area (Å²) in [5.74, 6) is 0. The van der Waals surface area contributed by atoms with Crippen molar-refractivity contribution in [3.05, 3.63) is 39.3 Å². The number of fused-ring (bicyclic) bond motifs is 2. The summed E-state index contributed by atoms with van der Waals surface area (Å²) < 4.78 is 6.29. The summed E-state index contributed by atoms with van der Waals surface area (Å²) in [5, 5.41) is 6.92. The molecule has 2 aliphatic rings. The van der Waals surface area contributed by atoms with Crippen LogP contribution in [-0.2, 0) is 23.3 Å². The van der Waals surface area contributed by atoms with Gasteiger partial charge in [-0.3, -0.25) is 10.00 Å². The second-order valence-electron chi connectivity index (χ2n) is 6.19. The summed E-state index contributed by atoms with van der Waals surface area (Å²) in [6.07, 6.45) is 7.21. The summed E-state index contributed by atoms with van der Waals surface area (Å²) in [6, 6.07) is 2.36. The molecule has 5 heteroatoms. The Bertz CT molecular complexity index is 612. The molecule has 2 aromatic heterocycles. The second-order valence-corrected chi connectivity index (χ2v) is 7.44. The van der Waals surface area contributed by atoms with E-state index in [9.17, 15) is 0 Å². The van der Waals surface area contributed by atoms with Gasteiger partial charge in [-0.15, -0.1) is 11.3 Å². The van der Waals surface area contributed by atoms with Crippen molar-refractivity contribution in [1.82, 2.24) is 15.1 Å². The van der Waals surface area contributed by atoms with Crippen LogP contribution < -0.4 is 0 Å². The molecular formula is C16H21N3OS. The molecule has 1 spiro atoms. The van der Waals surface area contributed by atoms with Gasteiger partial charge in [0, 0.05) is 41.1 Å². The molecule has 21 heavy (non-hydrogen) atoms. The van der Waals surface area contributed by atoms with E-state index in [2.05, 4.69) is 28.1 Å². The molecule has 4 rings (SSSR count). The van der Waals surface area contributed by atoms with Crippen LogP contribution in [0.3, 0.4) is 0 Å². The van der Waals surface area contributed by atoms with Gasteiger partial charge in [0.05, 0.1) is 12.8 Å². The number of nitrogens with zero attached hydrogens (tertiary/aromatic N) is 2. The first-order chi connectivity index (χ1) is 10.3. The molecule has 112 valence electrons. The van der Waals surface area contributed by atoms with Crippen molar-refractivity contribution in [2.45, 2.75) is 38.3 Å². The van der Waals surface area contributed by atoms with Gasteiger partial charge in [0.15, 0.2) is 0 Å². The van der Waals surface area contributed by atoms with Crippen molar-refractivity contribution in [3.63, 3.8) is 0 Å². The predicted octanol–water partition coefficient (Wildman–Crippen LogP) is 2.84. The molecule has 1 saturated heterocycles. The zero-order valence-corrected chi connectivity index (χ0v) is 13.2. The first kappa shape index (κ1) is 13.5. The fraction of sp³-hybridized carbons (Fsp3) is 0.562. The zero-order chi connectivity index (χ0) is 14.3. The Morgan fingerprint density at radius 3 is 3.05 bits per heavy atom. The quantitative estimate of drug-likeness (QED) is 0.927. The lowest BCUT2D eigenvalue weighted by Gasteiger charge is -2.43. The second kappa shape index (κ2) is 5.23. The Morgan fingerprint density at radius 2 is 2.29 bits per heavy atom. The van der Waals surface area contributed by atoms with Crippen LogP contribution in [0.2, 0.25) is 0 Å². The fourth-order valence-electron chi connectivity index (χ4n) is 3.63. The first-order valence-corrected chi connectivity index (χ1v) is 8.51. The van der Waals surface area contributed by atoms with E-state index in [1.54, 1.807) is 0 Å². The maximum atomic E-state index is 6.29. The molecule has 0 atom stereocenters. The van der Waals surface area contributed by atoms with Crippen LogP contribution in [0.4, 0.5) is 0 Å². The van der Waals surface area contributed by atoms with Gasteiger partial charge >= 0.3 is 0 Å². The number of aromatic nitrogens is 2. The van der Waals surface area contributed by atoms with Crippen LogP contribution in [0.5, 0.6) is 0 Å². The number of hydrogen-bond donors (Lipinski definition) is 1. The summed E-state index contributed by atoms with van der Waals surface area (Å²) in [4.78, 5) is 5.44. The number of hydrogen-bond acceptors (Lipinski definition) is 4. The third-order valence-electron chi connectivity index (χ3n) is 4.72. The Morgan fingerprint density at radius 1 is 1.43 bits per heavy atom. The molecule has 4 heterocycles. The van der Waals surface area contributed by atoms with Crippen LogP contribution in [0, 0.1) is 6.92 Å². The molecular weight excluding hydrogens is 282 g/mol. The van der Waals surface area contributed by atoms with Gasteiger partial charge in [-0.2, -0.15) is 5.10 Å². The average molecular weight is 303 g/mol. The lowest BCUT2D eigenvalue weighted by molar-refractivity contribution is -0.0960. The normalized spacial score (nSPS) is 21.6. The number of ether oxygens (including phenoxy) is 1. The zero-order valence-electron chi connectivity index (χ0n) is 12.4. The maximum Gasteiger partial charge on any atom is 0.105 e. The third kappa shape index (κ3) is 2.43. The summed E-state index contributed by atoms with van der Waals surface area (Å²) in [5.41, 5.74) is 2.80. The van der Waals surface area contributed by atoms with Crippen LogP contribution >= 0.6 is 11.3 Å². The Hall–Kier alpha value is -1.17. The van der Waals surface area contributed by atoms with Gasteiger partial charge in [-0.1, -0.05) is 0 Å². The lowest BCUT2D eigenvalue weighted by Crippen LogP contribution is -2.45. The van der Waals surface area contributed by atoms with E-state index in [1.807, 2.05) is 23.7 Å². The van der Waals surface area contributed by atoms with Crippen molar-refractivity contribution in [2.24, 2.45) is 0 Å². The highest BCUT2D eigenvalue weighted by Gasteiger charge is 2.42. The monoisotopic (exact) mass is 303 g/mol. The van der Waals surface area contributed by atoms with Gasteiger partial charge in [0.2, 0.25) is 0 Å². The van der Waals surface area contributed by atoms with Gasteiger partial charge in [0.1, 0.15) is 5.60 Å². The van der Waals surface area contributed by atoms with E-state index in [4.69, 9.17) is 4.74 Å². The first-order valence-electron chi connectivity index (χ1n) is 7.69. The minimum atomic E-state index is -0.000589. The predicted molar refractivity (Wildman–Crippen MR) is 83.5 cm³/mol. The number of thiophene rings is 1. The topological polar surface area (TPSA) is 41.2 Å². The molecule has 0 bridgehead atoms. The highest BCUT2D eigenvalue weighted by atomic mass is 32.1. The number of piperidine rings is 1. The number of aryl methyl sites for hydroxylation is 1. The molecule has 0 aliphatic carbocycles. The van der Waals surface area contributed by atoms with Crippen molar-refractivity contribution in [1.29, 1.82) is 0 Å². The van der Waals surface area contributed by atoms with Crippen LogP contribution in [0.1, 0.15) is 33.7 Å². The van der Waals surface area contributed by atoms with E-state index in [-0.39, 0.29) is 5.60 Å². The number of aromatic amines is 1. The Balaban J connectivity index is 1.49. The molecule has 0 amide bonds. The van der Waals surface area contributed by atoms with E-state index in [1.165, 1.54) is 20.9 Å². The minimum Gasteiger partial charge on any atom is -0.369 e. The van der Waals surface area contributed by atoms with E-state index < -0.39 is 0 Å². The fourth-order valence-corrected chi connectivity index (χ4v) is 4.89. The summed E-state index contributed by atoms with van der Waals surface area (Å²) in [7, 11) is 0. The van der Waals surface area contributed by atoms with Crippen molar-refractivity contribution >= 4 is 11.3 Å². The smallest absolute Gasteiger partial charge is 0.105 e. The van der Waals surface area contributed by atoms with E-state index in [0.29, 0.717) is 0 Å². The SMILES string of the molecule is Cc1cc2c(s1)C1(CCN(Cc3cn[nH]c3)CC1)OCC2. The molecule has 1 fully saturated rings. The van der Waals surface area contributed by atoms with Crippen LogP contribution in [0.15, 0.2) is 18.5 Å². The lowest BCUT2D eigenvalue weighted by atomic mass is 9.85. The highest BCUT2D eigenvalue weighted by molar-refractivity contribution is 7.12. The van der Waals surface area contributed by atoms with Gasteiger partial charge in [-0.25, -0.2) is 0 Å². The maximum absolute atomic E-state index is 6.29. The van der Waals surface area contributed by atoms with Crippen LogP contribution in [0.25, 0.3) is 0 Å². The van der Waals surface area contributed by atoms with E-state index >= 15 is 0 Å². The number of rotatable bonds is 2. The Labute approximate surface area is 129 Å². The molecule has 0 radical (unpaired) electrons. The average Bonchev–Trinajstić information content (AvgIpc) is 3.11. The summed E-state index contributed by atoms with van der Waals surface area (Å²) in [6.45, 7) is 6.28. The molecule has 0 aromatic carbocycles. The molecule has 4 nitrogen and oxygen atoms in total. The molecule has 2 aliphatic heterocycles. The van der Waals surface area contributed by atoms with Crippen molar-refractivity contribution in [2.75, 3.05) is 19.7 Å². The number of nitrogens with one attached hydrogen (secondary N) is 1. The largest absolute Gasteiger partial charge is 0.369 e. The number of H-pyrrole nitrogens is 1. The summed E-state index contributed by atoms with van der Waals surface area (Å²) >= 11 is 1.94. The van der Waals surface area contributed by atoms with E-state index in [0.717, 1.165) is 45.5 Å². The minimum absolute atomic E-state index is 0.000589. The third-order valence-corrected chi connectivity index (χ3v) is 6.00. The van der Waals surface area contributed by atoms with Gasteiger partial charge < -0.3 is 4.74 Å². The molecule has 1 N–H and O–H groups in total.